The van der Waals surface area contributed by atoms with Gasteiger partial charge in [-0.2, -0.15) is 0 Å². The molecule has 7 heteroatoms. The number of hydrogen-bond donors (Lipinski definition) is 3. The highest BCUT2D eigenvalue weighted by molar-refractivity contribution is 5.69. The molecule has 2 fully saturated rings. The molecule has 0 aliphatic carbocycles. The van der Waals surface area contributed by atoms with E-state index in [1.807, 2.05) is 39.1 Å². The highest BCUT2D eigenvalue weighted by atomic mass is 16.6. The summed E-state index contributed by atoms with van der Waals surface area (Å²) in [5.74, 6) is 0.816. The number of aromatic amines is 1. The van der Waals surface area contributed by atoms with Crippen LogP contribution in [0.3, 0.4) is 0 Å². The Morgan fingerprint density at radius 2 is 1.63 bits per heavy atom. The molecule has 2 aliphatic heterocycles. The van der Waals surface area contributed by atoms with Crippen LogP contribution in [-0.2, 0) is 4.74 Å². The first kappa shape index (κ1) is 23.4. The van der Waals surface area contributed by atoms with E-state index in [1.165, 1.54) is 11.1 Å². The highest BCUT2D eigenvalue weighted by Crippen LogP contribution is 2.36. The van der Waals surface area contributed by atoms with Crippen LogP contribution in [0.2, 0.25) is 0 Å². The average Bonchev–Trinajstić information content (AvgIpc) is 3.59. The van der Waals surface area contributed by atoms with E-state index in [0.29, 0.717) is 18.6 Å². The summed E-state index contributed by atoms with van der Waals surface area (Å²) in [7, 11) is 0. The number of nitrogens with zero attached hydrogens (tertiary/aromatic N) is 2. The quantitative estimate of drug-likeness (QED) is 0.410. The van der Waals surface area contributed by atoms with Crippen molar-refractivity contribution < 1.29 is 9.53 Å². The number of H-pyrrole nitrogens is 1. The summed E-state index contributed by atoms with van der Waals surface area (Å²) in [6.07, 6.45) is 5.62. The van der Waals surface area contributed by atoms with Gasteiger partial charge in [-0.05, 0) is 75.3 Å². The van der Waals surface area contributed by atoms with Gasteiger partial charge in [0.15, 0.2) is 0 Å². The molecule has 3 atom stereocenters. The summed E-state index contributed by atoms with van der Waals surface area (Å²) >= 11 is 0. The second-order valence-electron chi connectivity index (χ2n) is 10.7. The molecule has 7 nitrogen and oxygen atoms in total. The largest absolute Gasteiger partial charge is 0.444 e. The summed E-state index contributed by atoms with van der Waals surface area (Å²) < 4.78 is 5.60. The molecule has 35 heavy (non-hydrogen) atoms. The van der Waals surface area contributed by atoms with Crippen LogP contribution < -0.4 is 11.1 Å². The molecule has 0 saturated carbocycles. The van der Waals surface area contributed by atoms with E-state index >= 15 is 0 Å². The van der Waals surface area contributed by atoms with Gasteiger partial charge in [0, 0.05) is 24.3 Å². The standard InChI is InChI=1S/C28H35N5O2/c1-28(2,3)35-27(34)33-16-4-5-25(33)26-30-17-24(32-26)20-8-6-18(7-9-20)22-14-15-23(31-22)19-10-12-21(29)13-11-19/h6-13,17,22-23,25,31H,4-5,14-16,29H2,1-3H3,(H,30,32). The molecule has 0 spiro atoms. The number of amides is 1. The maximum absolute atomic E-state index is 12.7. The van der Waals surface area contributed by atoms with Gasteiger partial charge in [0.25, 0.3) is 0 Å². The summed E-state index contributed by atoms with van der Waals surface area (Å²) in [5, 5.41) is 3.76. The van der Waals surface area contributed by atoms with Crippen LogP contribution in [0.1, 0.15) is 81.5 Å². The van der Waals surface area contributed by atoms with Crippen LogP contribution >= 0.6 is 0 Å². The molecule has 3 heterocycles. The van der Waals surface area contributed by atoms with Crippen LogP contribution in [0.15, 0.2) is 54.7 Å². The number of imidazole rings is 1. The van der Waals surface area contributed by atoms with Gasteiger partial charge in [-0.25, -0.2) is 9.78 Å². The molecule has 0 radical (unpaired) electrons. The van der Waals surface area contributed by atoms with Crippen molar-refractivity contribution in [3.8, 4) is 11.3 Å². The average molecular weight is 474 g/mol. The number of benzene rings is 2. The second kappa shape index (κ2) is 9.38. The van der Waals surface area contributed by atoms with Gasteiger partial charge in [-0.1, -0.05) is 36.4 Å². The first-order valence-electron chi connectivity index (χ1n) is 12.5. The van der Waals surface area contributed by atoms with Gasteiger partial charge < -0.3 is 20.8 Å². The van der Waals surface area contributed by atoms with E-state index in [4.69, 9.17) is 10.5 Å². The molecular formula is C28H35N5O2. The predicted molar refractivity (Wildman–Crippen MR) is 138 cm³/mol. The number of aromatic nitrogens is 2. The SMILES string of the molecule is CC(C)(C)OC(=O)N1CCCC1c1ncc(-c2ccc(C3CCC(c4ccc(N)cc4)N3)cc2)[nH]1. The molecule has 2 aromatic carbocycles. The Hall–Kier alpha value is -3.32. The predicted octanol–water partition coefficient (Wildman–Crippen LogP) is 5.90. The van der Waals surface area contributed by atoms with Crippen LogP contribution in [0.25, 0.3) is 11.3 Å². The smallest absolute Gasteiger partial charge is 0.410 e. The number of rotatable bonds is 4. The first-order chi connectivity index (χ1) is 16.8. The normalized spacial score (nSPS) is 22.5. The monoisotopic (exact) mass is 473 g/mol. The van der Waals surface area contributed by atoms with Gasteiger partial charge >= 0.3 is 6.09 Å². The fourth-order valence-corrected chi connectivity index (χ4v) is 5.13. The van der Waals surface area contributed by atoms with Gasteiger partial charge in [0.05, 0.1) is 17.9 Å². The van der Waals surface area contributed by atoms with E-state index in [0.717, 1.165) is 48.5 Å². The Morgan fingerprint density at radius 1 is 1.00 bits per heavy atom. The molecule has 184 valence electrons. The van der Waals surface area contributed by atoms with Crippen molar-refractivity contribution in [3.63, 3.8) is 0 Å². The summed E-state index contributed by atoms with van der Waals surface area (Å²) in [5.41, 5.74) is 10.7. The van der Waals surface area contributed by atoms with E-state index in [-0.39, 0.29) is 12.1 Å². The number of ether oxygens (including phenoxy) is 1. The Kier molecular flexibility index (Phi) is 6.28. The zero-order chi connectivity index (χ0) is 24.6. The van der Waals surface area contributed by atoms with E-state index < -0.39 is 5.60 Å². The zero-order valence-corrected chi connectivity index (χ0v) is 20.8. The molecule has 4 N–H and O–H groups in total. The third kappa shape index (κ3) is 5.20. The molecule has 0 bridgehead atoms. The number of hydrogen-bond acceptors (Lipinski definition) is 5. The number of anilines is 1. The van der Waals surface area contributed by atoms with Crippen molar-refractivity contribution in [2.24, 2.45) is 0 Å². The van der Waals surface area contributed by atoms with Crippen molar-refractivity contribution in [2.45, 2.75) is 70.2 Å². The van der Waals surface area contributed by atoms with Crippen molar-refractivity contribution >= 4 is 11.8 Å². The van der Waals surface area contributed by atoms with Crippen molar-refractivity contribution in [2.75, 3.05) is 12.3 Å². The fraction of sp³-hybridized carbons (Fsp3) is 0.429. The van der Waals surface area contributed by atoms with Crippen molar-refractivity contribution in [3.05, 3.63) is 71.7 Å². The van der Waals surface area contributed by atoms with Gasteiger partial charge in [-0.15, -0.1) is 0 Å². The molecule has 3 aromatic rings. The van der Waals surface area contributed by atoms with Gasteiger partial charge in [0.2, 0.25) is 0 Å². The zero-order valence-electron chi connectivity index (χ0n) is 20.8. The lowest BCUT2D eigenvalue weighted by molar-refractivity contribution is 0.0218. The topological polar surface area (TPSA) is 96.3 Å². The molecule has 3 unspecified atom stereocenters. The molecular weight excluding hydrogens is 438 g/mol. The molecule has 2 saturated heterocycles. The first-order valence-corrected chi connectivity index (χ1v) is 12.5. The number of nitrogens with two attached hydrogens (primary N) is 1. The summed E-state index contributed by atoms with van der Waals surface area (Å²) in [6.45, 7) is 6.37. The Morgan fingerprint density at radius 3 is 2.26 bits per heavy atom. The third-order valence-electron chi connectivity index (χ3n) is 6.90. The lowest BCUT2D eigenvalue weighted by atomic mass is 10.0. The maximum Gasteiger partial charge on any atom is 0.410 e. The lowest BCUT2D eigenvalue weighted by Crippen LogP contribution is -2.36. The van der Waals surface area contributed by atoms with Gasteiger partial charge in [-0.3, -0.25) is 4.90 Å². The summed E-state index contributed by atoms with van der Waals surface area (Å²) in [6, 6.07) is 17.5. The van der Waals surface area contributed by atoms with Crippen LogP contribution in [0.5, 0.6) is 0 Å². The minimum Gasteiger partial charge on any atom is -0.444 e. The number of nitrogens with one attached hydrogen (secondary N) is 2. The second-order valence-corrected chi connectivity index (χ2v) is 10.7. The number of likely N-dealkylation sites (tertiary alicyclic amines) is 1. The Balaban J connectivity index is 1.25. The number of carbonyl (C=O) groups is 1. The van der Waals surface area contributed by atoms with Crippen molar-refractivity contribution in [1.29, 1.82) is 0 Å². The Bertz CT molecular complexity index is 1160. The molecule has 1 aromatic heterocycles. The Labute approximate surface area is 207 Å². The lowest BCUT2D eigenvalue weighted by Gasteiger charge is -2.27. The minimum absolute atomic E-state index is 0.0779. The van der Waals surface area contributed by atoms with Crippen molar-refractivity contribution in [1.82, 2.24) is 20.2 Å². The minimum atomic E-state index is -0.510. The highest BCUT2D eigenvalue weighted by Gasteiger charge is 2.35. The number of carbonyl (C=O) groups excluding carboxylic acids is 1. The fourth-order valence-electron chi connectivity index (χ4n) is 5.13. The molecule has 5 rings (SSSR count). The van der Waals surface area contributed by atoms with Crippen LogP contribution in [0.4, 0.5) is 10.5 Å². The number of nitrogen functional groups attached to an aromatic ring is 1. The van der Waals surface area contributed by atoms with Crippen LogP contribution in [-0.4, -0.2) is 33.1 Å². The van der Waals surface area contributed by atoms with E-state index in [2.05, 4.69) is 51.7 Å². The third-order valence-corrected chi connectivity index (χ3v) is 6.90. The maximum atomic E-state index is 12.7. The van der Waals surface area contributed by atoms with Crippen LogP contribution in [0, 0.1) is 0 Å². The van der Waals surface area contributed by atoms with Gasteiger partial charge in [0.1, 0.15) is 11.4 Å². The molecule has 2 aliphatic rings. The van der Waals surface area contributed by atoms with E-state index in [9.17, 15) is 4.79 Å². The molecule has 1 amide bonds. The van der Waals surface area contributed by atoms with E-state index in [1.54, 1.807) is 4.90 Å². The summed E-state index contributed by atoms with van der Waals surface area (Å²) in [4.78, 5) is 22.5.